The second-order valence-electron chi connectivity index (χ2n) is 22.8. The van der Waals surface area contributed by atoms with Gasteiger partial charge >= 0.3 is 19.8 Å². The first-order valence-electron chi connectivity index (χ1n) is 32.9. The van der Waals surface area contributed by atoms with E-state index >= 15 is 0 Å². The fourth-order valence-electron chi connectivity index (χ4n) is 8.63. The zero-order valence-corrected chi connectivity index (χ0v) is 54.1. The molecule has 0 saturated heterocycles. The molecule has 0 rings (SSSR count). The number of phosphoric ester groups is 1. The number of carbonyl (C=O) groups excluding carboxylic acids is 2. The first-order chi connectivity index (χ1) is 40.0. The number of nitrogens with zero attached hydrogens (tertiary/aromatic N) is 1. The largest absolute Gasteiger partial charge is 0.472 e. The van der Waals surface area contributed by atoms with Crippen molar-refractivity contribution < 1.29 is 42.1 Å². The molecule has 0 spiro atoms. The summed E-state index contributed by atoms with van der Waals surface area (Å²) in [7, 11) is 1.46. The summed E-state index contributed by atoms with van der Waals surface area (Å²) < 4.78 is 34.6. The average Bonchev–Trinajstić information content (AvgIpc) is 3.45. The summed E-state index contributed by atoms with van der Waals surface area (Å²) in [5, 5.41) is 0. The topological polar surface area (TPSA) is 108 Å². The quantitative estimate of drug-likeness (QED) is 0.0211. The van der Waals surface area contributed by atoms with Crippen LogP contribution in [0, 0.1) is 0 Å². The predicted octanol–water partition coefficient (Wildman–Crippen LogP) is 21.3. The molecule has 0 saturated carbocycles. The minimum Gasteiger partial charge on any atom is -0.462 e. The molecule has 82 heavy (non-hydrogen) atoms. The first-order valence-corrected chi connectivity index (χ1v) is 34.4. The molecule has 0 heterocycles. The van der Waals surface area contributed by atoms with Crippen molar-refractivity contribution in [1.82, 2.24) is 0 Å². The van der Waals surface area contributed by atoms with Crippen LogP contribution in [-0.4, -0.2) is 74.9 Å². The SMILES string of the molecule is CC/C=C\C/C=C\C/C=C\C/C=C\C/C=C\C/C=C\C/C=C\C/C=C\C/C=C\C/C=C\CCCCCCCCCCCCC(=O)OC(COC(=O)CCCCCCCCC/C=C\CCCCCCCC)COP(=O)(O)OCC[N+](C)(C)C. The number of quaternary nitrogens is 1. The summed E-state index contributed by atoms with van der Waals surface area (Å²) in [6.45, 7) is 4.30. The van der Waals surface area contributed by atoms with Gasteiger partial charge in [0.25, 0.3) is 0 Å². The summed E-state index contributed by atoms with van der Waals surface area (Å²) in [5.74, 6) is -0.810. The molecule has 468 valence electrons. The number of rotatable bonds is 59. The van der Waals surface area contributed by atoms with Crippen molar-refractivity contribution >= 4 is 19.8 Å². The van der Waals surface area contributed by atoms with Gasteiger partial charge < -0.3 is 18.9 Å². The van der Waals surface area contributed by atoms with Crippen LogP contribution in [0.1, 0.15) is 258 Å². The average molecular weight is 1160 g/mol. The van der Waals surface area contributed by atoms with Gasteiger partial charge in [0.1, 0.15) is 19.8 Å². The molecule has 0 aliphatic carbocycles. The van der Waals surface area contributed by atoms with Gasteiger partial charge in [-0.2, -0.15) is 0 Å². The van der Waals surface area contributed by atoms with E-state index in [0.717, 1.165) is 122 Å². The monoisotopic (exact) mass is 1160 g/mol. The Kier molecular flexibility index (Phi) is 58.8. The summed E-state index contributed by atoms with van der Waals surface area (Å²) in [6.07, 6.45) is 89.7. The van der Waals surface area contributed by atoms with E-state index in [1.165, 1.54) is 103 Å². The standard InChI is InChI=1S/C72H122NO8P/c1-6-8-10-12-14-16-18-20-22-24-25-26-27-28-29-30-31-32-33-34-35-36-37-38-39-40-41-42-43-44-45-46-47-49-51-53-55-57-59-61-63-65-72(75)81-70(69-80-82(76,77)79-67-66-73(3,4)5)68-78-71(74)64-62-60-58-56-54-52-50-48-23-21-19-17-15-13-11-9-7-2/h8,10,14,16,20-23,25-26,28-29,31-32,34-35,37-38,40-41,43-44,70H,6-7,9,11-13,15,17-19,24,27,30,33,36,39,42,45-69H2,1-5H3/p+1/b10-8-,16-14-,22-20-,23-21-,26-25-,29-28-,32-31-,35-34-,38-37-,41-40-,44-43-. The third-order valence-electron chi connectivity index (χ3n) is 13.7. The molecular weight excluding hydrogens is 1040 g/mol. The minimum atomic E-state index is -4.40. The maximum Gasteiger partial charge on any atom is 0.472 e. The lowest BCUT2D eigenvalue weighted by Gasteiger charge is -2.24. The second kappa shape index (κ2) is 61.7. The molecule has 0 radical (unpaired) electrons. The number of carbonyl (C=O) groups is 2. The second-order valence-corrected chi connectivity index (χ2v) is 24.2. The van der Waals surface area contributed by atoms with Crippen molar-refractivity contribution in [2.75, 3.05) is 47.5 Å². The van der Waals surface area contributed by atoms with Gasteiger partial charge in [-0.25, -0.2) is 4.57 Å². The van der Waals surface area contributed by atoms with Crippen molar-refractivity contribution in [3.63, 3.8) is 0 Å². The maximum atomic E-state index is 12.8. The Morgan fingerprint density at radius 2 is 0.695 bits per heavy atom. The fourth-order valence-corrected chi connectivity index (χ4v) is 9.37. The number of hydrogen-bond acceptors (Lipinski definition) is 7. The van der Waals surface area contributed by atoms with Crippen LogP contribution in [-0.2, 0) is 32.7 Å². The first kappa shape index (κ1) is 78.1. The van der Waals surface area contributed by atoms with Crippen LogP contribution in [0.3, 0.4) is 0 Å². The Labute approximate surface area is 504 Å². The number of likely N-dealkylation sites (N-methyl/N-ethyl adjacent to an activating group) is 1. The Morgan fingerprint density at radius 3 is 1.05 bits per heavy atom. The molecule has 9 nitrogen and oxygen atoms in total. The number of phosphoric acid groups is 1. The molecule has 0 aromatic carbocycles. The van der Waals surface area contributed by atoms with Crippen molar-refractivity contribution in [2.24, 2.45) is 0 Å². The van der Waals surface area contributed by atoms with Crippen LogP contribution in [0.15, 0.2) is 134 Å². The smallest absolute Gasteiger partial charge is 0.462 e. The Balaban J connectivity index is 4.09. The zero-order chi connectivity index (χ0) is 59.8. The third-order valence-corrected chi connectivity index (χ3v) is 14.6. The van der Waals surface area contributed by atoms with Crippen LogP contribution in [0.25, 0.3) is 0 Å². The lowest BCUT2D eigenvalue weighted by molar-refractivity contribution is -0.870. The Hall–Kier alpha value is -3.85. The highest BCUT2D eigenvalue weighted by molar-refractivity contribution is 7.47. The third kappa shape index (κ3) is 65.3. The fraction of sp³-hybridized carbons (Fsp3) is 0.667. The molecule has 0 amide bonds. The van der Waals surface area contributed by atoms with Crippen LogP contribution in [0.4, 0.5) is 0 Å². The molecule has 2 unspecified atom stereocenters. The van der Waals surface area contributed by atoms with E-state index in [2.05, 4.69) is 148 Å². The maximum absolute atomic E-state index is 12.8. The molecule has 2 atom stereocenters. The highest BCUT2D eigenvalue weighted by Gasteiger charge is 2.27. The Morgan fingerprint density at radius 1 is 0.390 bits per heavy atom. The molecule has 0 fully saturated rings. The lowest BCUT2D eigenvalue weighted by Crippen LogP contribution is -2.37. The summed E-state index contributed by atoms with van der Waals surface area (Å²) >= 11 is 0. The molecule has 0 aliphatic heterocycles. The number of allylic oxidation sites excluding steroid dienone is 22. The van der Waals surface area contributed by atoms with Crippen molar-refractivity contribution in [1.29, 1.82) is 0 Å². The summed E-state index contributed by atoms with van der Waals surface area (Å²) in [4.78, 5) is 35.7. The van der Waals surface area contributed by atoms with Crippen LogP contribution in [0.5, 0.6) is 0 Å². The van der Waals surface area contributed by atoms with E-state index < -0.39 is 26.5 Å². The van der Waals surface area contributed by atoms with Crippen molar-refractivity contribution in [3.05, 3.63) is 134 Å². The molecule has 1 N–H and O–H groups in total. The van der Waals surface area contributed by atoms with Crippen LogP contribution >= 0.6 is 7.82 Å². The van der Waals surface area contributed by atoms with Gasteiger partial charge in [0.05, 0.1) is 27.7 Å². The Bertz CT molecular complexity index is 1850. The van der Waals surface area contributed by atoms with Gasteiger partial charge in [-0.1, -0.05) is 263 Å². The highest BCUT2D eigenvalue weighted by atomic mass is 31.2. The molecule has 0 aromatic heterocycles. The van der Waals surface area contributed by atoms with Crippen LogP contribution < -0.4 is 0 Å². The molecular formula is C72H123NO8P+. The van der Waals surface area contributed by atoms with Crippen molar-refractivity contribution in [3.8, 4) is 0 Å². The van der Waals surface area contributed by atoms with Crippen LogP contribution in [0.2, 0.25) is 0 Å². The van der Waals surface area contributed by atoms with Gasteiger partial charge in [0.2, 0.25) is 0 Å². The van der Waals surface area contributed by atoms with Crippen molar-refractivity contribution in [2.45, 2.75) is 264 Å². The highest BCUT2D eigenvalue weighted by Crippen LogP contribution is 2.43. The van der Waals surface area contributed by atoms with E-state index in [1.807, 2.05) is 21.1 Å². The van der Waals surface area contributed by atoms with E-state index in [0.29, 0.717) is 17.4 Å². The predicted molar refractivity (Wildman–Crippen MR) is 353 cm³/mol. The molecule has 10 heteroatoms. The molecule has 0 bridgehead atoms. The number of hydrogen-bond donors (Lipinski definition) is 1. The zero-order valence-electron chi connectivity index (χ0n) is 53.2. The van der Waals surface area contributed by atoms with E-state index in [1.54, 1.807) is 0 Å². The number of ether oxygens (including phenoxy) is 2. The van der Waals surface area contributed by atoms with Gasteiger partial charge in [-0.15, -0.1) is 0 Å². The van der Waals surface area contributed by atoms with E-state index in [-0.39, 0.29) is 32.0 Å². The minimum absolute atomic E-state index is 0.0250. The lowest BCUT2D eigenvalue weighted by atomic mass is 10.0. The summed E-state index contributed by atoms with van der Waals surface area (Å²) in [6, 6.07) is 0. The molecule has 0 aliphatic rings. The van der Waals surface area contributed by atoms with Gasteiger partial charge in [0.15, 0.2) is 6.10 Å². The van der Waals surface area contributed by atoms with Gasteiger partial charge in [-0.05, 0) is 116 Å². The summed E-state index contributed by atoms with van der Waals surface area (Å²) in [5.41, 5.74) is 0. The van der Waals surface area contributed by atoms with Gasteiger partial charge in [-0.3, -0.25) is 18.6 Å². The number of unbranched alkanes of at least 4 members (excludes halogenated alkanes) is 23. The van der Waals surface area contributed by atoms with Gasteiger partial charge in [0, 0.05) is 12.8 Å². The number of esters is 2. The van der Waals surface area contributed by atoms with E-state index in [9.17, 15) is 19.0 Å². The molecule has 0 aromatic rings. The van der Waals surface area contributed by atoms with E-state index in [4.69, 9.17) is 18.5 Å². The normalized spacial score (nSPS) is 14.1.